The predicted octanol–water partition coefficient (Wildman–Crippen LogP) is 14.4. The number of phenolic OH excluding ortho intramolecular Hbond substituents is 3. The molecule has 2 amide bonds. The van der Waals surface area contributed by atoms with Crippen LogP contribution in [0, 0.1) is 0 Å². The summed E-state index contributed by atoms with van der Waals surface area (Å²) >= 11 is 0. The molecule has 10 nitrogen and oxygen atoms in total. The summed E-state index contributed by atoms with van der Waals surface area (Å²) in [5.74, 6) is 1.15. The molecule has 396 valence electrons. The van der Waals surface area contributed by atoms with Gasteiger partial charge in [0.15, 0.2) is 0 Å². The lowest BCUT2D eigenvalue weighted by molar-refractivity contribution is -0.121. The van der Waals surface area contributed by atoms with Crippen LogP contribution >= 0.6 is 7.60 Å². The van der Waals surface area contributed by atoms with Gasteiger partial charge >= 0.3 is 7.60 Å². The first-order chi connectivity index (χ1) is 31.9. The van der Waals surface area contributed by atoms with Crippen LogP contribution in [0.3, 0.4) is 0 Å². The molecule has 11 heteroatoms. The summed E-state index contributed by atoms with van der Waals surface area (Å²) in [4.78, 5) is 25.1. The van der Waals surface area contributed by atoms with E-state index >= 15 is 0 Å². The third-order valence-corrected chi connectivity index (χ3v) is 14.5. The Labute approximate surface area is 425 Å². The second-order valence-corrected chi connectivity index (χ2v) is 27.4. The molecule has 0 atom stereocenters. The smallest absolute Gasteiger partial charge is 0.335 e. The number of hydrogen-bond acceptors (Lipinski definition) is 8. The van der Waals surface area contributed by atoms with E-state index in [1.165, 1.54) is 0 Å². The minimum Gasteiger partial charge on any atom is -0.507 e. The predicted molar refractivity (Wildman–Crippen MR) is 292 cm³/mol. The molecule has 0 aliphatic carbocycles. The highest BCUT2D eigenvalue weighted by molar-refractivity contribution is 7.53. The van der Waals surface area contributed by atoms with Crippen LogP contribution in [0.5, 0.6) is 17.2 Å². The van der Waals surface area contributed by atoms with Crippen LogP contribution in [0.25, 0.3) is 0 Å². The molecular formula is C59H97N2O8P. The molecule has 0 aliphatic rings. The number of aryl methyl sites for hydroxylation is 2. The Morgan fingerprint density at radius 1 is 0.443 bits per heavy atom. The molecule has 0 bridgehead atoms. The summed E-state index contributed by atoms with van der Waals surface area (Å²) in [6.07, 6.45) is 6.14. The van der Waals surface area contributed by atoms with Crippen molar-refractivity contribution in [2.75, 3.05) is 26.3 Å². The van der Waals surface area contributed by atoms with E-state index in [0.717, 1.165) is 75.8 Å². The maximum atomic E-state index is 12.9. The summed E-state index contributed by atoms with van der Waals surface area (Å²) in [6, 6.07) is 12.1. The zero-order valence-corrected chi connectivity index (χ0v) is 48.4. The van der Waals surface area contributed by atoms with Crippen molar-refractivity contribution in [1.29, 1.82) is 0 Å². The van der Waals surface area contributed by atoms with Crippen molar-refractivity contribution < 1.29 is 38.5 Å². The first kappa shape index (κ1) is 62.3. The Hall–Kier alpha value is -3.85. The number of phenols is 3. The van der Waals surface area contributed by atoms with E-state index in [0.29, 0.717) is 69.2 Å². The molecule has 0 saturated heterocycles. The summed E-state index contributed by atoms with van der Waals surface area (Å²) in [5, 5.41) is 38.7. The average molecular weight is 993 g/mol. The Morgan fingerprint density at radius 2 is 0.686 bits per heavy atom. The lowest BCUT2D eigenvalue weighted by Gasteiger charge is -2.29. The first-order valence-corrected chi connectivity index (χ1v) is 27.6. The van der Waals surface area contributed by atoms with Gasteiger partial charge in [-0.1, -0.05) is 174 Å². The maximum Gasteiger partial charge on any atom is 0.335 e. The van der Waals surface area contributed by atoms with Crippen LogP contribution in [-0.4, -0.2) is 53.4 Å². The van der Waals surface area contributed by atoms with Gasteiger partial charge in [-0.25, -0.2) is 0 Å². The van der Waals surface area contributed by atoms with Crippen molar-refractivity contribution in [3.63, 3.8) is 0 Å². The molecule has 0 saturated carbocycles. The van der Waals surface area contributed by atoms with Crippen molar-refractivity contribution in [2.45, 2.75) is 228 Å². The zero-order valence-electron chi connectivity index (χ0n) is 47.5. The number of aromatic hydroxyl groups is 3. The highest BCUT2D eigenvalue weighted by atomic mass is 31.2. The standard InChI is InChI=1S/C40H64N2O4.C19H33O4P/c1-37(2,3)29-23-27(24-30(35(29)45)38(4,5)6)17-19-33(43)41-21-15-13-14-16-22-42-34(44)20-18-28-25-31(39(7,8)9)36(46)32(26-28)40(10,11)12;1-9-22-24(21,23-10-2)13-14-11-15(18(3,4)5)17(20)16(12-14)19(6,7)8/h23-26,45-46H,13-22H2,1-12H3,(H,41,43)(H,42,44);11-12,20H,9-10,13H2,1-8H3. The summed E-state index contributed by atoms with van der Waals surface area (Å²) in [7, 11) is -3.18. The van der Waals surface area contributed by atoms with Crippen LogP contribution in [0.1, 0.15) is 227 Å². The minimum absolute atomic E-state index is 0.0489. The monoisotopic (exact) mass is 993 g/mol. The van der Waals surface area contributed by atoms with Crippen LogP contribution < -0.4 is 10.6 Å². The van der Waals surface area contributed by atoms with Gasteiger partial charge in [-0.3, -0.25) is 14.2 Å². The van der Waals surface area contributed by atoms with Crippen molar-refractivity contribution in [3.8, 4) is 17.2 Å². The number of carbonyl (C=O) groups excluding carboxylic acids is 2. The molecule has 0 fully saturated rings. The van der Waals surface area contributed by atoms with Crippen LogP contribution in [-0.2, 0) is 74.7 Å². The molecule has 3 aromatic rings. The SMILES string of the molecule is CC(C)(C)c1cc(CCC(=O)NCCCCCCNC(=O)CCc2cc(C(C)(C)C)c(O)c(C(C)(C)C)c2)cc(C(C)(C)C)c1O.CCOP(=O)(Cc1cc(C(C)(C)C)c(O)c(C(C)(C)C)c1)OCC. The van der Waals surface area contributed by atoms with Gasteiger partial charge in [-0.15, -0.1) is 0 Å². The second kappa shape index (κ2) is 25.2. The Balaban J connectivity index is 0.000000587. The van der Waals surface area contributed by atoms with Gasteiger partial charge in [0.1, 0.15) is 17.2 Å². The van der Waals surface area contributed by atoms with Crippen molar-refractivity contribution >= 4 is 19.4 Å². The quantitative estimate of drug-likeness (QED) is 0.0587. The van der Waals surface area contributed by atoms with Crippen LogP contribution in [0.2, 0.25) is 0 Å². The fourth-order valence-corrected chi connectivity index (χ4v) is 10.1. The maximum absolute atomic E-state index is 12.9. The molecule has 3 rings (SSSR count). The van der Waals surface area contributed by atoms with E-state index in [1.807, 2.05) is 26.0 Å². The fourth-order valence-electron chi connectivity index (χ4n) is 8.39. The number of hydrogen-bond donors (Lipinski definition) is 5. The average Bonchev–Trinajstić information content (AvgIpc) is 3.19. The van der Waals surface area contributed by atoms with E-state index in [4.69, 9.17) is 9.05 Å². The summed E-state index contributed by atoms with van der Waals surface area (Å²) in [5.41, 5.74) is 7.23. The van der Waals surface area contributed by atoms with Gasteiger partial charge < -0.3 is 35.0 Å². The Kier molecular flexibility index (Phi) is 22.4. The van der Waals surface area contributed by atoms with E-state index in [-0.39, 0.29) is 50.5 Å². The Morgan fingerprint density at radius 3 is 0.914 bits per heavy atom. The zero-order chi connectivity index (χ0) is 53.8. The van der Waals surface area contributed by atoms with Gasteiger partial charge in [0.25, 0.3) is 0 Å². The van der Waals surface area contributed by atoms with Crippen LogP contribution in [0.4, 0.5) is 0 Å². The van der Waals surface area contributed by atoms with Crippen molar-refractivity contribution in [2.24, 2.45) is 0 Å². The molecule has 0 radical (unpaired) electrons. The van der Waals surface area contributed by atoms with E-state index in [2.05, 4.69) is 160 Å². The lowest BCUT2D eigenvalue weighted by atomic mass is 9.78. The van der Waals surface area contributed by atoms with Crippen molar-refractivity contribution in [1.82, 2.24) is 10.6 Å². The molecule has 70 heavy (non-hydrogen) atoms. The van der Waals surface area contributed by atoms with Gasteiger partial charge in [-0.05, 0) is 122 Å². The summed E-state index contributed by atoms with van der Waals surface area (Å²) in [6.45, 7) is 43.2. The van der Waals surface area contributed by atoms with E-state index < -0.39 is 7.60 Å². The van der Waals surface area contributed by atoms with Gasteiger partial charge in [0.2, 0.25) is 11.8 Å². The highest BCUT2D eigenvalue weighted by Crippen LogP contribution is 2.53. The normalized spacial score (nSPS) is 12.9. The molecule has 5 N–H and O–H groups in total. The van der Waals surface area contributed by atoms with Gasteiger partial charge in [-0.2, -0.15) is 0 Å². The lowest BCUT2D eigenvalue weighted by Crippen LogP contribution is -2.25. The minimum atomic E-state index is -3.18. The van der Waals surface area contributed by atoms with Gasteiger partial charge in [0.05, 0.1) is 19.4 Å². The van der Waals surface area contributed by atoms with E-state index in [9.17, 15) is 29.5 Å². The fraction of sp³-hybridized carbons (Fsp3) is 0.661. The van der Waals surface area contributed by atoms with Crippen LogP contribution in [0.15, 0.2) is 36.4 Å². The number of benzene rings is 3. The largest absolute Gasteiger partial charge is 0.507 e. The third-order valence-electron chi connectivity index (χ3n) is 12.4. The number of amides is 2. The van der Waals surface area contributed by atoms with Gasteiger partial charge in [0, 0.05) is 25.9 Å². The molecule has 0 aliphatic heterocycles. The first-order valence-electron chi connectivity index (χ1n) is 25.9. The molecule has 0 heterocycles. The molecule has 3 aromatic carbocycles. The highest BCUT2D eigenvalue weighted by Gasteiger charge is 2.31. The van der Waals surface area contributed by atoms with Crippen molar-refractivity contribution in [3.05, 3.63) is 86.5 Å². The number of nitrogens with one attached hydrogen (secondary N) is 2. The van der Waals surface area contributed by atoms with E-state index in [1.54, 1.807) is 0 Å². The molecular weight excluding hydrogens is 896 g/mol. The third kappa shape index (κ3) is 19.6. The number of carbonyl (C=O) groups is 2. The second-order valence-electron chi connectivity index (χ2n) is 25.3. The topological polar surface area (TPSA) is 154 Å². The summed E-state index contributed by atoms with van der Waals surface area (Å²) < 4.78 is 23.7. The number of rotatable bonds is 19. The molecule has 0 unspecified atom stereocenters. The molecule has 0 aromatic heterocycles. The Bertz CT molecular complexity index is 2020. The number of unbranched alkanes of at least 4 members (excludes halogenated alkanes) is 3. The molecule has 0 spiro atoms.